The highest BCUT2D eigenvalue weighted by Gasteiger charge is 2.45. The van der Waals surface area contributed by atoms with E-state index in [1.165, 1.54) is 0 Å². The summed E-state index contributed by atoms with van der Waals surface area (Å²) in [4.78, 5) is 19.4. The number of hydrogen-bond donors (Lipinski definition) is 1. The van der Waals surface area contributed by atoms with Crippen LogP contribution < -0.4 is 0 Å². The molecule has 0 bridgehead atoms. The molecular weight excluding hydrogens is 294 g/mol. The molecule has 3 saturated heterocycles. The molecular formula is C17H31N3O3. The molecule has 3 aliphatic rings. The second kappa shape index (κ2) is 6.67. The summed E-state index contributed by atoms with van der Waals surface area (Å²) in [7, 11) is 2.09. The van der Waals surface area contributed by atoms with Crippen molar-refractivity contribution in [3.63, 3.8) is 0 Å². The second-order valence-corrected chi connectivity index (χ2v) is 7.99. The summed E-state index contributed by atoms with van der Waals surface area (Å²) in [5.74, 6) is 0.224. The van der Waals surface area contributed by atoms with E-state index in [9.17, 15) is 9.90 Å². The first-order valence-corrected chi connectivity index (χ1v) is 8.91. The van der Waals surface area contributed by atoms with Gasteiger partial charge in [0.15, 0.2) is 0 Å². The van der Waals surface area contributed by atoms with Crippen molar-refractivity contribution in [1.82, 2.24) is 14.7 Å². The number of ether oxygens (including phenoxy) is 1. The van der Waals surface area contributed by atoms with Gasteiger partial charge in [-0.05, 0) is 39.8 Å². The van der Waals surface area contributed by atoms with E-state index < -0.39 is 5.60 Å². The predicted octanol–water partition coefficient (Wildman–Crippen LogP) is 0.0139. The number of carbonyl (C=O) groups excluding carboxylic acids is 1. The van der Waals surface area contributed by atoms with Crippen molar-refractivity contribution < 1.29 is 14.6 Å². The minimum absolute atomic E-state index is 0.224. The topological polar surface area (TPSA) is 56.2 Å². The highest BCUT2D eigenvalue weighted by Crippen LogP contribution is 2.34. The van der Waals surface area contributed by atoms with Crippen molar-refractivity contribution in [2.45, 2.75) is 31.8 Å². The van der Waals surface area contributed by atoms with Gasteiger partial charge >= 0.3 is 0 Å². The Bertz CT molecular complexity index is 441. The number of aliphatic hydroxyl groups is 1. The predicted molar refractivity (Wildman–Crippen MR) is 88.2 cm³/mol. The Kier molecular flexibility index (Phi) is 4.97. The Labute approximate surface area is 139 Å². The SMILES string of the molecule is CN1CCC[C@@](C)(C(=O)N2CC[C@](O)(CN3CCOCC3)C2)C1. The number of β-amino-alcohol motifs (C(OH)–C–C–N with tert-alkyl or cyclic N) is 1. The van der Waals surface area contributed by atoms with E-state index in [1.807, 2.05) is 4.90 Å². The Balaban J connectivity index is 1.58. The van der Waals surface area contributed by atoms with Crippen molar-refractivity contribution in [3.8, 4) is 0 Å². The summed E-state index contributed by atoms with van der Waals surface area (Å²) < 4.78 is 5.37. The first-order chi connectivity index (χ1) is 10.9. The Morgan fingerprint density at radius 2 is 1.87 bits per heavy atom. The van der Waals surface area contributed by atoms with Gasteiger partial charge in [0.05, 0.1) is 30.8 Å². The number of rotatable bonds is 3. The van der Waals surface area contributed by atoms with Crippen LogP contribution in [0.25, 0.3) is 0 Å². The lowest BCUT2D eigenvalue weighted by Crippen LogP contribution is -2.52. The van der Waals surface area contributed by atoms with E-state index >= 15 is 0 Å². The number of likely N-dealkylation sites (tertiary alicyclic amines) is 2. The molecule has 0 spiro atoms. The summed E-state index contributed by atoms with van der Waals surface area (Å²) in [6, 6.07) is 0. The maximum Gasteiger partial charge on any atom is 0.229 e. The average Bonchev–Trinajstić information content (AvgIpc) is 2.89. The normalized spacial score (nSPS) is 37.3. The van der Waals surface area contributed by atoms with Gasteiger partial charge in [-0.2, -0.15) is 0 Å². The van der Waals surface area contributed by atoms with Crippen LogP contribution in [0.5, 0.6) is 0 Å². The molecule has 0 saturated carbocycles. The standard InChI is InChI=1S/C17H31N3O3/c1-16(4-3-6-18(2)12-16)15(21)20-7-5-17(22,14-20)13-19-8-10-23-11-9-19/h22H,3-14H2,1-2H3/t16-,17+/m1/s1. The zero-order valence-electron chi connectivity index (χ0n) is 14.6. The van der Waals surface area contributed by atoms with Gasteiger partial charge in [-0.3, -0.25) is 9.69 Å². The fourth-order valence-corrected chi connectivity index (χ4v) is 4.38. The molecule has 3 aliphatic heterocycles. The summed E-state index contributed by atoms with van der Waals surface area (Å²) in [6.07, 6.45) is 2.71. The number of hydrogen-bond acceptors (Lipinski definition) is 5. The largest absolute Gasteiger partial charge is 0.387 e. The van der Waals surface area contributed by atoms with Crippen molar-refractivity contribution in [3.05, 3.63) is 0 Å². The molecule has 0 aromatic rings. The molecule has 132 valence electrons. The molecule has 0 aliphatic carbocycles. The van der Waals surface area contributed by atoms with Gasteiger partial charge in [-0.15, -0.1) is 0 Å². The summed E-state index contributed by atoms with van der Waals surface area (Å²) in [5.41, 5.74) is -1.05. The van der Waals surface area contributed by atoms with Gasteiger partial charge in [-0.1, -0.05) is 0 Å². The van der Waals surface area contributed by atoms with Crippen molar-refractivity contribution in [2.24, 2.45) is 5.41 Å². The molecule has 2 atom stereocenters. The van der Waals surface area contributed by atoms with Crippen LogP contribution in [0.2, 0.25) is 0 Å². The van der Waals surface area contributed by atoms with Gasteiger partial charge < -0.3 is 19.6 Å². The van der Waals surface area contributed by atoms with Crippen LogP contribution in [0.1, 0.15) is 26.2 Å². The minimum Gasteiger partial charge on any atom is -0.387 e. The third-order valence-electron chi connectivity index (χ3n) is 5.64. The fraction of sp³-hybridized carbons (Fsp3) is 0.941. The number of nitrogens with zero attached hydrogens (tertiary/aromatic N) is 3. The number of amides is 1. The molecule has 23 heavy (non-hydrogen) atoms. The minimum atomic E-state index is -0.760. The van der Waals surface area contributed by atoms with E-state index in [4.69, 9.17) is 4.74 Å². The van der Waals surface area contributed by atoms with Crippen molar-refractivity contribution in [2.75, 3.05) is 66.1 Å². The zero-order chi connectivity index (χ0) is 16.5. The zero-order valence-corrected chi connectivity index (χ0v) is 14.6. The first-order valence-electron chi connectivity index (χ1n) is 8.91. The van der Waals surface area contributed by atoms with Gasteiger partial charge in [0.25, 0.3) is 0 Å². The molecule has 0 unspecified atom stereocenters. The summed E-state index contributed by atoms with van der Waals surface area (Å²) in [6.45, 7) is 9.01. The molecule has 1 amide bonds. The average molecular weight is 325 g/mol. The third-order valence-corrected chi connectivity index (χ3v) is 5.64. The maximum absolute atomic E-state index is 13.0. The highest BCUT2D eigenvalue weighted by atomic mass is 16.5. The van der Waals surface area contributed by atoms with E-state index in [0.717, 1.165) is 52.2 Å². The molecule has 3 heterocycles. The molecule has 3 rings (SSSR count). The van der Waals surface area contributed by atoms with Crippen molar-refractivity contribution >= 4 is 5.91 Å². The van der Waals surface area contributed by atoms with Crippen LogP contribution in [-0.4, -0.2) is 97.4 Å². The summed E-state index contributed by atoms with van der Waals surface area (Å²) >= 11 is 0. The molecule has 6 nitrogen and oxygen atoms in total. The van der Waals surface area contributed by atoms with Gasteiger partial charge in [0.2, 0.25) is 5.91 Å². The van der Waals surface area contributed by atoms with Crippen LogP contribution in [0.3, 0.4) is 0 Å². The molecule has 1 N–H and O–H groups in total. The molecule has 0 aromatic heterocycles. The second-order valence-electron chi connectivity index (χ2n) is 7.99. The molecule has 0 aromatic carbocycles. The fourth-order valence-electron chi connectivity index (χ4n) is 4.38. The molecule has 6 heteroatoms. The molecule has 3 fully saturated rings. The smallest absolute Gasteiger partial charge is 0.229 e. The van der Waals surface area contributed by atoms with Gasteiger partial charge in [0.1, 0.15) is 0 Å². The van der Waals surface area contributed by atoms with Crippen LogP contribution in [0.4, 0.5) is 0 Å². The van der Waals surface area contributed by atoms with Crippen LogP contribution in [0.15, 0.2) is 0 Å². The van der Waals surface area contributed by atoms with E-state index in [1.54, 1.807) is 0 Å². The number of piperidine rings is 1. The van der Waals surface area contributed by atoms with Crippen molar-refractivity contribution in [1.29, 1.82) is 0 Å². The van der Waals surface area contributed by atoms with Gasteiger partial charge in [-0.25, -0.2) is 0 Å². The lowest BCUT2D eigenvalue weighted by Gasteiger charge is -2.40. The Hall–Kier alpha value is -0.690. The lowest BCUT2D eigenvalue weighted by atomic mass is 9.80. The van der Waals surface area contributed by atoms with E-state index in [0.29, 0.717) is 26.1 Å². The van der Waals surface area contributed by atoms with Gasteiger partial charge in [0, 0.05) is 32.7 Å². The maximum atomic E-state index is 13.0. The van der Waals surface area contributed by atoms with E-state index in [-0.39, 0.29) is 11.3 Å². The monoisotopic (exact) mass is 325 g/mol. The summed E-state index contributed by atoms with van der Waals surface area (Å²) in [5, 5.41) is 10.9. The quantitative estimate of drug-likeness (QED) is 0.792. The van der Waals surface area contributed by atoms with Crippen LogP contribution in [-0.2, 0) is 9.53 Å². The molecule has 0 radical (unpaired) electrons. The van der Waals surface area contributed by atoms with Crippen LogP contribution >= 0.6 is 0 Å². The first kappa shape index (κ1) is 17.1. The Morgan fingerprint density at radius 1 is 1.13 bits per heavy atom. The van der Waals surface area contributed by atoms with Crippen LogP contribution in [0, 0.1) is 5.41 Å². The lowest BCUT2D eigenvalue weighted by molar-refractivity contribution is -0.144. The number of carbonyl (C=O) groups is 1. The third kappa shape index (κ3) is 3.87. The Morgan fingerprint density at radius 3 is 2.57 bits per heavy atom. The highest BCUT2D eigenvalue weighted by molar-refractivity contribution is 5.83. The van der Waals surface area contributed by atoms with E-state index in [2.05, 4.69) is 23.8 Å². The number of morpholine rings is 1.